The van der Waals surface area contributed by atoms with Crippen LogP contribution in [0.5, 0.6) is 5.75 Å². The highest BCUT2D eigenvalue weighted by molar-refractivity contribution is 6.06. The van der Waals surface area contributed by atoms with E-state index in [0.29, 0.717) is 24.3 Å². The fraction of sp³-hybridized carbons (Fsp3) is 0.167. The van der Waals surface area contributed by atoms with Crippen LogP contribution in [0.3, 0.4) is 0 Å². The molecule has 0 amide bonds. The summed E-state index contributed by atoms with van der Waals surface area (Å²) in [6, 6.07) is 16.7. The minimum atomic E-state index is -0.0410. The summed E-state index contributed by atoms with van der Waals surface area (Å²) >= 11 is 0. The average molecular weight is 282 g/mol. The second-order valence-corrected chi connectivity index (χ2v) is 4.56. The van der Waals surface area contributed by atoms with Crippen molar-refractivity contribution in [2.75, 3.05) is 13.2 Å². The number of benzene rings is 2. The molecule has 108 valence electrons. The van der Waals surface area contributed by atoms with Crippen molar-refractivity contribution in [1.29, 1.82) is 0 Å². The third kappa shape index (κ3) is 4.89. The smallest absolute Gasteiger partial charge is 0.185 e. The lowest BCUT2D eigenvalue weighted by Gasteiger charge is -2.05. The van der Waals surface area contributed by atoms with Gasteiger partial charge >= 0.3 is 0 Å². The zero-order valence-corrected chi connectivity index (χ0v) is 11.7. The fourth-order valence-electron chi connectivity index (χ4n) is 1.80. The van der Waals surface area contributed by atoms with Crippen LogP contribution < -0.4 is 4.74 Å². The molecule has 0 aliphatic carbocycles. The van der Waals surface area contributed by atoms with Gasteiger partial charge in [0.1, 0.15) is 5.75 Å². The number of hydrogen-bond donors (Lipinski definition) is 1. The Morgan fingerprint density at radius 3 is 2.43 bits per heavy atom. The molecule has 0 fully saturated rings. The number of allylic oxidation sites excluding steroid dienone is 1. The molecule has 0 aliphatic rings. The van der Waals surface area contributed by atoms with Gasteiger partial charge in [0.05, 0.1) is 6.61 Å². The maximum atomic E-state index is 12.0. The summed E-state index contributed by atoms with van der Waals surface area (Å²) in [5, 5.41) is 8.68. The minimum absolute atomic E-state index is 0.0410. The Hall–Kier alpha value is -2.39. The van der Waals surface area contributed by atoms with E-state index in [-0.39, 0.29) is 12.4 Å². The topological polar surface area (TPSA) is 46.5 Å². The van der Waals surface area contributed by atoms with Crippen LogP contribution in [0, 0.1) is 0 Å². The van der Waals surface area contributed by atoms with Gasteiger partial charge in [-0.3, -0.25) is 4.79 Å². The monoisotopic (exact) mass is 282 g/mol. The maximum absolute atomic E-state index is 12.0. The molecule has 0 unspecified atom stereocenters. The van der Waals surface area contributed by atoms with Crippen LogP contribution in [-0.2, 0) is 0 Å². The van der Waals surface area contributed by atoms with Gasteiger partial charge in [-0.25, -0.2) is 0 Å². The molecule has 2 aromatic rings. The van der Waals surface area contributed by atoms with Gasteiger partial charge in [0, 0.05) is 18.6 Å². The van der Waals surface area contributed by atoms with E-state index in [2.05, 4.69) is 0 Å². The Morgan fingerprint density at radius 2 is 1.76 bits per heavy atom. The SMILES string of the molecule is O=C(C=Cc1ccccc1)c1ccc(OCCCO)cc1. The molecular formula is C18H18O3. The van der Waals surface area contributed by atoms with Crippen LogP contribution in [0.2, 0.25) is 0 Å². The molecule has 0 radical (unpaired) electrons. The van der Waals surface area contributed by atoms with Gasteiger partial charge in [-0.05, 0) is 35.9 Å². The van der Waals surface area contributed by atoms with Gasteiger partial charge in [-0.1, -0.05) is 36.4 Å². The molecule has 0 aromatic heterocycles. The molecule has 3 heteroatoms. The summed E-state index contributed by atoms with van der Waals surface area (Å²) in [6.45, 7) is 0.582. The Morgan fingerprint density at radius 1 is 1.05 bits per heavy atom. The van der Waals surface area contributed by atoms with Gasteiger partial charge in [-0.2, -0.15) is 0 Å². The van der Waals surface area contributed by atoms with Crippen molar-refractivity contribution in [3.63, 3.8) is 0 Å². The summed E-state index contributed by atoms with van der Waals surface area (Å²) in [5.74, 6) is 0.660. The molecule has 0 saturated carbocycles. The molecule has 0 bridgehead atoms. The number of aliphatic hydroxyl groups is 1. The molecule has 0 spiro atoms. The van der Waals surface area contributed by atoms with Crippen molar-refractivity contribution in [3.05, 3.63) is 71.8 Å². The Kier molecular flexibility index (Phi) is 5.73. The lowest BCUT2D eigenvalue weighted by Crippen LogP contribution is -2.00. The first-order chi connectivity index (χ1) is 10.3. The second-order valence-electron chi connectivity index (χ2n) is 4.56. The van der Waals surface area contributed by atoms with E-state index in [9.17, 15) is 4.79 Å². The van der Waals surface area contributed by atoms with Gasteiger partial charge in [-0.15, -0.1) is 0 Å². The minimum Gasteiger partial charge on any atom is -0.494 e. The Bertz CT molecular complexity index is 586. The zero-order chi connectivity index (χ0) is 14.9. The first kappa shape index (κ1) is 15.0. The van der Waals surface area contributed by atoms with Gasteiger partial charge in [0.2, 0.25) is 0 Å². The molecule has 3 nitrogen and oxygen atoms in total. The largest absolute Gasteiger partial charge is 0.494 e. The third-order valence-corrected chi connectivity index (χ3v) is 2.94. The van der Waals surface area contributed by atoms with Crippen molar-refractivity contribution in [3.8, 4) is 5.75 Å². The third-order valence-electron chi connectivity index (χ3n) is 2.94. The van der Waals surface area contributed by atoms with Crippen LogP contribution in [0.15, 0.2) is 60.7 Å². The van der Waals surface area contributed by atoms with Gasteiger partial charge in [0.25, 0.3) is 0 Å². The van der Waals surface area contributed by atoms with Crippen LogP contribution in [0.4, 0.5) is 0 Å². The Balaban J connectivity index is 1.95. The van der Waals surface area contributed by atoms with Crippen molar-refractivity contribution >= 4 is 11.9 Å². The summed E-state index contributed by atoms with van der Waals surface area (Å²) in [5.41, 5.74) is 1.62. The van der Waals surface area contributed by atoms with Crippen molar-refractivity contribution in [2.45, 2.75) is 6.42 Å². The van der Waals surface area contributed by atoms with E-state index in [0.717, 1.165) is 5.56 Å². The van der Waals surface area contributed by atoms with Crippen molar-refractivity contribution < 1.29 is 14.6 Å². The van der Waals surface area contributed by atoms with E-state index < -0.39 is 0 Å². The second kappa shape index (κ2) is 8.02. The standard InChI is InChI=1S/C18H18O3/c19-13-4-14-21-17-10-8-16(9-11-17)18(20)12-7-15-5-2-1-3-6-15/h1-3,5-12,19H,4,13-14H2. The number of ether oxygens (including phenoxy) is 1. The van der Waals surface area contributed by atoms with Crippen molar-refractivity contribution in [1.82, 2.24) is 0 Å². The van der Waals surface area contributed by atoms with Crippen LogP contribution in [-0.4, -0.2) is 24.1 Å². The molecule has 1 N–H and O–H groups in total. The summed E-state index contributed by atoms with van der Waals surface area (Å²) in [4.78, 5) is 12.0. The zero-order valence-electron chi connectivity index (χ0n) is 11.7. The average Bonchev–Trinajstić information content (AvgIpc) is 2.54. The highest BCUT2D eigenvalue weighted by atomic mass is 16.5. The van der Waals surface area contributed by atoms with Crippen LogP contribution in [0.25, 0.3) is 6.08 Å². The molecule has 0 atom stereocenters. The number of rotatable bonds is 7. The number of carbonyl (C=O) groups is 1. The van der Waals surface area contributed by atoms with Crippen LogP contribution in [0.1, 0.15) is 22.3 Å². The number of carbonyl (C=O) groups excluding carboxylic acids is 1. The first-order valence-corrected chi connectivity index (χ1v) is 6.91. The molecule has 21 heavy (non-hydrogen) atoms. The summed E-state index contributed by atoms with van der Waals surface area (Å²) in [7, 11) is 0. The van der Waals surface area contributed by atoms with Crippen molar-refractivity contribution in [2.24, 2.45) is 0 Å². The van der Waals surface area contributed by atoms with Gasteiger partial charge < -0.3 is 9.84 Å². The van der Waals surface area contributed by atoms with E-state index >= 15 is 0 Å². The lowest BCUT2D eigenvalue weighted by molar-refractivity contribution is 0.104. The molecule has 0 heterocycles. The normalized spacial score (nSPS) is 10.7. The Labute approximate surface area is 124 Å². The molecule has 0 saturated heterocycles. The number of aliphatic hydroxyl groups excluding tert-OH is 1. The lowest BCUT2D eigenvalue weighted by atomic mass is 10.1. The number of hydrogen-bond acceptors (Lipinski definition) is 3. The summed E-state index contributed by atoms with van der Waals surface area (Å²) < 4.78 is 5.42. The quantitative estimate of drug-likeness (QED) is 0.481. The molecule has 0 aliphatic heterocycles. The maximum Gasteiger partial charge on any atom is 0.185 e. The highest BCUT2D eigenvalue weighted by Crippen LogP contribution is 2.13. The van der Waals surface area contributed by atoms with E-state index in [4.69, 9.17) is 9.84 Å². The van der Waals surface area contributed by atoms with Crippen LogP contribution >= 0.6 is 0 Å². The molecule has 2 aromatic carbocycles. The first-order valence-electron chi connectivity index (χ1n) is 6.91. The van der Waals surface area contributed by atoms with E-state index in [1.165, 1.54) is 0 Å². The molecule has 2 rings (SSSR count). The highest BCUT2D eigenvalue weighted by Gasteiger charge is 2.02. The predicted molar refractivity (Wildman–Crippen MR) is 83.4 cm³/mol. The van der Waals surface area contributed by atoms with E-state index in [1.807, 2.05) is 30.3 Å². The number of ketones is 1. The summed E-state index contributed by atoms with van der Waals surface area (Å²) in [6.07, 6.45) is 3.96. The van der Waals surface area contributed by atoms with Gasteiger partial charge in [0.15, 0.2) is 5.78 Å². The fourth-order valence-corrected chi connectivity index (χ4v) is 1.80. The van der Waals surface area contributed by atoms with E-state index in [1.54, 1.807) is 36.4 Å². The molecular weight excluding hydrogens is 264 g/mol. The predicted octanol–water partition coefficient (Wildman–Crippen LogP) is 3.34.